The van der Waals surface area contributed by atoms with Gasteiger partial charge in [-0.2, -0.15) is 0 Å². The molecule has 0 aliphatic carbocycles. The number of imidazole rings is 1. The average molecular weight is 374 g/mol. The minimum atomic E-state index is -0.330. The van der Waals surface area contributed by atoms with E-state index in [2.05, 4.69) is 15.0 Å². The van der Waals surface area contributed by atoms with Crippen LogP contribution in [0.4, 0.5) is 4.39 Å². The lowest BCUT2D eigenvalue weighted by Gasteiger charge is -2.15. The lowest BCUT2D eigenvalue weighted by molar-refractivity contribution is 0.618. The molecule has 2 aromatic carbocycles. The fourth-order valence-electron chi connectivity index (χ4n) is 3.02. The number of rotatable bonds is 2. The SMILES string of the molecule is CC=NC.Cc1ccccc1-c1nc2ccccc2c(-n2cncc2C)c1F. The van der Waals surface area contributed by atoms with E-state index in [0.717, 1.165) is 27.7 Å². The number of nitrogens with zero attached hydrogens (tertiary/aromatic N) is 4. The molecule has 0 unspecified atom stereocenters. The van der Waals surface area contributed by atoms with Crippen molar-refractivity contribution in [2.24, 2.45) is 4.99 Å². The van der Waals surface area contributed by atoms with E-state index in [1.54, 1.807) is 30.4 Å². The van der Waals surface area contributed by atoms with E-state index < -0.39 is 0 Å². The molecule has 4 rings (SSSR count). The maximum atomic E-state index is 15.5. The van der Waals surface area contributed by atoms with E-state index in [4.69, 9.17) is 0 Å². The number of aryl methyl sites for hydroxylation is 2. The quantitative estimate of drug-likeness (QED) is 0.432. The number of fused-ring (bicyclic) bond motifs is 1. The van der Waals surface area contributed by atoms with E-state index in [-0.39, 0.29) is 5.82 Å². The summed E-state index contributed by atoms with van der Waals surface area (Å²) in [6, 6.07) is 15.3. The summed E-state index contributed by atoms with van der Waals surface area (Å²) in [5.74, 6) is -0.330. The molecule has 142 valence electrons. The Bertz CT molecular complexity index is 1120. The van der Waals surface area contributed by atoms with Crippen LogP contribution in [-0.4, -0.2) is 27.8 Å². The number of hydrogen-bond acceptors (Lipinski definition) is 3. The molecule has 0 bridgehead atoms. The third-order valence-electron chi connectivity index (χ3n) is 4.53. The largest absolute Gasteiger partial charge is 0.301 e. The second-order valence-electron chi connectivity index (χ2n) is 6.38. The Hall–Kier alpha value is -3.34. The Morgan fingerprint density at radius 1 is 1.04 bits per heavy atom. The van der Waals surface area contributed by atoms with Gasteiger partial charge in [0.2, 0.25) is 0 Å². The first-order chi connectivity index (χ1) is 13.6. The second-order valence-corrected chi connectivity index (χ2v) is 6.38. The van der Waals surface area contributed by atoms with Crippen molar-refractivity contribution < 1.29 is 4.39 Å². The first kappa shape index (κ1) is 19.4. The van der Waals surface area contributed by atoms with E-state index in [9.17, 15) is 0 Å². The van der Waals surface area contributed by atoms with Crippen molar-refractivity contribution in [1.82, 2.24) is 14.5 Å². The molecule has 0 radical (unpaired) electrons. The number of pyridine rings is 1. The summed E-state index contributed by atoms with van der Waals surface area (Å²) in [6.45, 7) is 5.77. The van der Waals surface area contributed by atoms with Gasteiger partial charge >= 0.3 is 0 Å². The van der Waals surface area contributed by atoms with Crippen LogP contribution < -0.4 is 0 Å². The van der Waals surface area contributed by atoms with Gasteiger partial charge in [0, 0.05) is 29.9 Å². The van der Waals surface area contributed by atoms with Gasteiger partial charge in [0.25, 0.3) is 0 Å². The van der Waals surface area contributed by atoms with Crippen molar-refractivity contribution in [1.29, 1.82) is 0 Å². The number of halogens is 1. The van der Waals surface area contributed by atoms with Gasteiger partial charge in [-0.15, -0.1) is 0 Å². The first-order valence-corrected chi connectivity index (χ1v) is 9.08. The summed E-state index contributed by atoms with van der Waals surface area (Å²) < 4.78 is 17.3. The first-order valence-electron chi connectivity index (χ1n) is 9.08. The van der Waals surface area contributed by atoms with Crippen LogP contribution in [0, 0.1) is 19.7 Å². The molecular weight excluding hydrogens is 351 g/mol. The number of aliphatic imine (C=N–C) groups is 1. The monoisotopic (exact) mass is 374 g/mol. The molecule has 0 saturated heterocycles. The predicted octanol–water partition coefficient (Wildman–Crippen LogP) is 5.55. The highest BCUT2D eigenvalue weighted by Gasteiger charge is 2.19. The van der Waals surface area contributed by atoms with Crippen LogP contribution in [0.5, 0.6) is 0 Å². The summed E-state index contributed by atoms with van der Waals surface area (Å²) in [4.78, 5) is 12.4. The molecule has 28 heavy (non-hydrogen) atoms. The standard InChI is InChI=1S/C20H16FN3.C3H7N/c1-13-7-3-4-8-15(13)19-18(21)20(24-12-22-11-14(24)2)16-9-5-6-10-17(16)23-19;1-3-4-2/h3-12H,1-2H3;3H,1-2H3. The van der Waals surface area contributed by atoms with Gasteiger partial charge in [-0.25, -0.2) is 14.4 Å². The van der Waals surface area contributed by atoms with Gasteiger partial charge in [0.1, 0.15) is 5.69 Å². The highest BCUT2D eigenvalue weighted by molar-refractivity contribution is 5.90. The minimum Gasteiger partial charge on any atom is -0.301 e. The normalized spacial score (nSPS) is 10.9. The second kappa shape index (κ2) is 8.57. The molecule has 0 aliphatic rings. The zero-order chi connectivity index (χ0) is 20.1. The van der Waals surface area contributed by atoms with Crippen LogP contribution in [0.25, 0.3) is 27.8 Å². The zero-order valence-electron chi connectivity index (χ0n) is 16.5. The van der Waals surface area contributed by atoms with Crippen molar-refractivity contribution in [3.05, 3.63) is 78.1 Å². The van der Waals surface area contributed by atoms with Gasteiger partial charge in [-0.1, -0.05) is 42.5 Å². The van der Waals surface area contributed by atoms with E-state index in [1.165, 1.54) is 0 Å². The van der Waals surface area contributed by atoms with Crippen molar-refractivity contribution in [3.63, 3.8) is 0 Å². The summed E-state index contributed by atoms with van der Waals surface area (Å²) in [6.07, 6.45) is 5.11. The number of benzene rings is 2. The van der Waals surface area contributed by atoms with Gasteiger partial charge in [-0.3, -0.25) is 4.57 Å². The van der Waals surface area contributed by atoms with Crippen molar-refractivity contribution in [2.45, 2.75) is 20.8 Å². The number of para-hydroxylation sites is 1. The van der Waals surface area contributed by atoms with E-state index >= 15 is 4.39 Å². The molecule has 2 heterocycles. The molecule has 0 spiro atoms. The van der Waals surface area contributed by atoms with Crippen molar-refractivity contribution in [2.75, 3.05) is 7.05 Å². The molecule has 0 aliphatic heterocycles. The molecule has 2 aromatic heterocycles. The molecular formula is C23H23FN4. The van der Waals surface area contributed by atoms with Crippen LogP contribution in [-0.2, 0) is 0 Å². The van der Waals surface area contributed by atoms with Gasteiger partial charge in [0.15, 0.2) is 5.82 Å². The molecule has 0 saturated carbocycles. The zero-order valence-corrected chi connectivity index (χ0v) is 16.5. The predicted molar refractivity (Wildman–Crippen MR) is 114 cm³/mol. The number of hydrogen-bond donors (Lipinski definition) is 0. The van der Waals surface area contributed by atoms with Crippen LogP contribution in [0.3, 0.4) is 0 Å². The van der Waals surface area contributed by atoms with Crippen LogP contribution in [0.15, 0.2) is 66.0 Å². The fraction of sp³-hybridized carbons (Fsp3) is 0.174. The number of aromatic nitrogens is 3. The Morgan fingerprint density at radius 3 is 2.36 bits per heavy atom. The Morgan fingerprint density at radius 2 is 1.71 bits per heavy atom. The van der Waals surface area contributed by atoms with Gasteiger partial charge in [-0.05, 0) is 38.6 Å². The van der Waals surface area contributed by atoms with Gasteiger partial charge < -0.3 is 4.99 Å². The molecule has 4 nitrogen and oxygen atoms in total. The van der Waals surface area contributed by atoms with Crippen molar-refractivity contribution >= 4 is 17.1 Å². The lowest BCUT2D eigenvalue weighted by atomic mass is 10.0. The third kappa shape index (κ3) is 3.69. The van der Waals surface area contributed by atoms with E-state index in [1.807, 2.05) is 69.3 Å². The van der Waals surface area contributed by atoms with Crippen molar-refractivity contribution in [3.8, 4) is 16.9 Å². The summed E-state index contributed by atoms with van der Waals surface area (Å²) in [5.41, 5.74) is 4.30. The minimum absolute atomic E-state index is 0.330. The maximum Gasteiger partial charge on any atom is 0.174 e. The Labute approximate surface area is 164 Å². The summed E-state index contributed by atoms with van der Waals surface area (Å²) in [7, 11) is 1.75. The fourth-order valence-corrected chi connectivity index (χ4v) is 3.02. The van der Waals surface area contributed by atoms with Crippen LogP contribution in [0.2, 0.25) is 0 Å². The topological polar surface area (TPSA) is 43.1 Å². The highest BCUT2D eigenvalue weighted by Crippen LogP contribution is 2.33. The molecule has 0 fully saturated rings. The highest BCUT2D eigenvalue weighted by atomic mass is 19.1. The molecule has 0 amide bonds. The van der Waals surface area contributed by atoms with Gasteiger partial charge in [0.05, 0.1) is 17.5 Å². The average Bonchev–Trinajstić information content (AvgIpc) is 3.14. The van der Waals surface area contributed by atoms with Crippen LogP contribution in [0.1, 0.15) is 18.2 Å². The molecule has 4 aromatic rings. The van der Waals surface area contributed by atoms with E-state index in [0.29, 0.717) is 11.4 Å². The summed E-state index contributed by atoms with van der Waals surface area (Å²) in [5, 5.41) is 0.772. The molecule has 5 heteroatoms. The molecule has 0 atom stereocenters. The van der Waals surface area contributed by atoms with Crippen LogP contribution >= 0.6 is 0 Å². The smallest absolute Gasteiger partial charge is 0.174 e. The summed E-state index contributed by atoms with van der Waals surface area (Å²) >= 11 is 0. The molecule has 0 N–H and O–H groups in total. The maximum absolute atomic E-state index is 15.5. The Balaban J connectivity index is 0.000000516. The lowest BCUT2D eigenvalue weighted by Crippen LogP contribution is -2.04. The Kier molecular flexibility index (Phi) is 5.94. The third-order valence-corrected chi connectivity index (χ3v) is 4.53.